The Kier molecular flexibility index (Phi) is 5.62. The van der Waals surface area contributed by atoms with Crippen molar-refractivity contribution < 1.29 is 9.53 Å². The van der Waals surface area contributed by atoms with Crippen molar-refractivity contribution in [1.29, 1.82) is 0 Å². The van der Waals surface area contributed by atoms with Crippen molar-refractivity contribution in [2.45, 2.75) is 39.7 Å². The van der Waals surface area contributed by atoms with Gasteiger partial charge in [0.25, 0.3) is 5.91 Å². The monoisotopic (exact) mass is 290 g/mol. The van der Waals surface area contributed by atoms with Gasteiger partial charge in [-0.1, -0.05) is 26.8 Å². The van der Waals surface area contributed by atoms with Gasteiger partial charge in [-0.2, -0.15) is 0 Å². The first-order valence-electron chi connectivity index (χ1n) is 7.85. The van der Waals surface area contributed by atoms with Crippen LogP contribution in [0.2, 0.25) is 0 Å². The predicted octanol–water partition coefficient (Wildman–Crippen LogP) is 2.43. The molecule has 1 aromatic rings. The van der Waals surface area contributed by atoms with E-state index in [9.17, 15) is 4.79 Å². The molecule has 2 rings (SSSR count). The number of carbonyl (C=O) groups excluding carboxylic acids is 1. The quantitative estimate of drug-likeness (QED) is 0.811. The van der Waals surface area contributed by atoms with Crippen LogP contribution in [0.25, 0.3) is 0 Å². The number of carbonyl (C=O) groups is 1. The number of fused-ring (bicyclic) bond motifs is 1. The van der Waals surface area contributed by atoms with Crippen LogP contribution in [0.15, 0.2) is 18.2 Å². The summed E-state index contributed by atoms with van der Waals surface area (Å²) in [7, 11) is 0. The van der Waals surface area contributed by atoms with Crippen LogP contribution in [0.4, 0.5) is 0 Å². The van der Waals surface area contributed by atoms with Gasteiger partial charge in [0.05, 0.1) is 0 Å². The highest BCUT2D eigenvalue weighted by molar-refractivity contribution is 5.77. The number of hydrogen-bond acceptors (Lipinski definition) is 3. The molecule has 0 radical (unpaired) electrons. The van der Waals surface area contributed by atoms with Crippen LogP contribution in [0.1, 0.15) is 44.4 Å². The molecule has 0 aromatic heterocycles. The van der Waals surface area contributed by atoms with Crippen LogP contribution >= 0.6 is 0 Å². The summed E-state index contributed by atoms with van der Waals surface area (Å²) in [5, 5.41) is 6.35. The average Bonchev–Trinajstić information content (AvgIpc) is 2.86. The number of rotatable bonds is 7. The molecule has 0 saturated carbocycles. The molecule has 0 heterocycles. The second-order valence-corrected chi connectivity index (χ2v) is 6.00. The van der Waals surface area contributed by atoms with Crippen LogP contribution in [0.5, 0.6) is 5.75 Å². The highest BCUT2D eigenvalue weighted by Gasteiger charge is 2.21. The minimum atomic E-state index is -0.0604. The van der Waals surface area contributed by atoms with Gasteiger partial charge in [-0.3, -0.25) is 4.79 Å². The smallest absolute Gasteiger partial charge is 0.257 e. The molecule has 0 spiro atoms. The Bertz CT molecular complexity index is 486. The van der Waals surface area contributed by atoms with Crippen LogP contribution in [0, 0.1) is 5.92 Å². The third-order valence-corrected chi connectivity index (χ3v) is 3.72. The lowest BCUT2D eigenvalue weighted by Crippen LogP contribution is -2.31. The molecule has 4 heteroatoms. The number of amides is 1. The molecule has 0 saturated heterocycles. The van der Waals surface area contributed by atoms with Gasteiger partial charge in [0, 0.05) is 12.6 Å². The van der Waals surface area contributed by atoms with Crippen molar-refractivity contribution >= 4 is 5.91 Å². The summed E-state index contributed by atoms with van der Waals surface area (Å²) in [6, 6.07) is 6.62. The summed E-state index contributed by atoms with van der Waals surface area (Å²) in [5.74, 6) is 1.18. The second-order valence-electron chi connectivity index (χ2n) is 6.00. The number of nitrogens with one attached hydrogen (secondary N) is 2. The van der Waals surface area contributed by atoms with Crippen LogP contribution in [-0.4, -0.2) is 25.6 Å². The molecule has 21 heavy (non-hydrogen) atoms. The number of benzene rings is 1. The van der Waals surface area contributed by atoms with Gasteiger partial charge in [0.15, 0.2) is 6.61 Å². The largest absolute Gasteiger partial charge is 0.484 e. The van der Waals surface area contributed by atoms with Gasteiger partial charge in [-0.05, 0) is 48.6 Å². The van der Waals surface area contributed by atoms with Crippen LogP contribution in [-0.2, 0) is 11.2 Å². The Morgan fingerprint density at radius 3 is 2.95 bits per heavy atom. The van der Waals surface area contributed by atoms with E-state index in [4.69, 9.17) is 4.74 Å². The average molecular weight is 290 g/mol. The van der Waals surface area contributed by atoms with Crippen molar-refractivity contribution in [2.75, 3.05) is 19.7 Å². The van der Waals surface area contributed by atoms with E-state index in [2.05, 4.69) is 43.5 Å². The molecule has 4 nitrogen and oxygen atoms in total. The van der Waals surface area contributed by atoms with Gasteiger partial charge >= 0.3 is 0 Å². The molecule has 0 bridgehead atoms. The molecule has 1 atom stereocenters. The fourth-order valence-corrected chi connectivity index (χ4v) is 2.66. The summed E-state index contributed by atoms with van der Waals surface area (Å²) >= 11 is 0. The molecule has 1 amide bonds. The van der Waals surface area contributed by atoms with Gasteiger partial charge < -0.3 is 15.4 Å². The summed E-state index contributed by atoms with van der Waals surface area (Å²) < 4.78 is 5.59. The molecule has 1 aliphatic rings. The first-order valence-corrected chi connectivity index (χ1v) is 7.85. The van der Waals surface area contributed by atoms with E-state index in [0.717, 1.165) is 25.1 Å². The minimum Gasteiger partial charge on any atom is -0.484 e. The van der Waals surface area contributed by atoms with E-state index >= 15 is 0 Å². The third kappa shape index (κ3) is 4.46. The molecule has 2 N–H and O–H groups in total. The maximum absolute atomic E-state index is 11.6. The maximum Gasteiger partial charge on any atom is 0.257 e. The lowest BCUT2D eigenvalue weighted by atomic mass is 10.1. The maximum atomic E-state index is 11.6. The zero-order valence-electron chi connectivity index (χ0n) is 13.2. The molecule has 0 fully saturated rings. The highest BCUT2D eigenvalue weighted by Crippen LogP contribution is 2.33. The minimum absolute atomic E-state index is 0.0604. The van der Waals surface area contributed by atoms with Crippen molar-refractivity contribution in [2.24, 2.45) is 5.92 Å². The Morgan fingerprint density at radius 2 is 2.24 bits per heavy atom. The molecular formula is C17H26N2O2. The van der Waals surface area contributed by atoms with Gasteiger partial charge in [-0.25, -0.2) is 0 Å². The predicted molar refractivity (Wildman–Crippen MR) is 84.5 cm³/mol. The zero-order chi connectivity index (χ0) is 15.2. The third-order valence-electron chi connectivity index (χ3n) is 3.72. The molecule has 1 aliphatic carbocycles. The van der Waals surface area contributed by atoms with Crippen LogP contribution in [0.3, 0.4) is 0 Å². The van der Waals surface area contributed by atoms with Crippen molar-refractivity contribution in [3.63, 3.8) is 0 Å². The molecule has 116 valence electrons. The number of hydrogen-bond donors (Lipinski definition) is 2. The van der Waals surface area contributed by atoms with Crippen LogP contribution < -0.4 is 15.4 Å². The molecular weight excluding hydrogens is 264 g/mol. The van der Waals surface area contributed by atoms with E-state index in [1.165, 1.54) is 11.1 Å². The highest BCUT2D eigenvalue weighted by atomic mass is 16.5. The van der Waals surface area contributed by atoms with Crippen molar-refractivity contribution in [3.05, 3.63) is 29.3 Å². The van der Waals surface area contributed by atoms with Gasteiger partial charge in [-0.15, -0.1) is 0 Å². The van der Waals surface area contributed by atoms with Gasteiger partial charge in [0.1, 0.15) is 5.75 Å². The Labute approximate surface area is 127 Å². The fourth-order valence-electron chi connectivity index (χ4n) is 2.66. The first-order chi connectivity index (χ1) is 10.1. The number of ether oxygens (including phenoxy) is 1. The van der Waals surface area contributed by atoms with E-state index in [1.54, 1.807) is 0 Å². The van der Waals surface area contributed by atoms with Gasteiger partial charge in [0.2, 0.25) is 0 Å². The Balaban J connectivity index is 1.87. The summed E-state index contributed by atoms with van der Waals surface area (Å²) in [6.07, 6.45) is 2.21. The lowest BCUT2D eigenvalue weighted by molar-refractivity contribution is -0.123. The Hall–Kier alpha value is -1.55. The van der Waals surface area contributed by atoms with Crippen molar-refractivity contribution in [3.8, 4) is 5.75 Å². The van der Waals surface area contributed by atoms with E-state index in [0.29, 0.717) is 18.5 Å². The molecule has 1 unspecified atom stereocenters. The number of aryl methyl sites for hydroxylation is 1. The Morgan fingerprint density at radius 1 is 1.43 bits per heavy atom. The SMILES string of the molecule is CCNC1CCc2cc(OCC(=O)NCC(C)C)ccc21. The fraction of sp³-hybridized carbons (Fsp3) is 0.588. The van der Waals surface area contributed by atoms with E-state index in [-0.39, 0.29) is 12.5 Å². The molecule has 0 aliphatic heterocycles. The second kappa shape index (κ2) is 7.46. The topological polar surface area (TPSA) is 50.4 Å². The standard InChI is InChI=1S/C17H26N2O2/c1-4-18-16-8-5-13-9-14(6-7-15(13)16)21-11-17(20)19-10-12(2)3/h6-7,9,12,16,18H,4-5,8,10-11H2,1-3H3,(H,19,20). The van der Waals surface area contributed by atoms with Crippen molar-refractivity contribution in [1.82, 2.24) is 10.6 Å². The first kappa shape index (κ1) is 15.8. The lowest BCUT2D eigenvalue weighted by Gasteiger charge is -2.13. The summed E-state index contributed by atoms with van der Waals surface area (Å²) in [5.41, 5.74) is 2.70. The normalized spacial score (nSPS) is 16.9. The van der Waals surface area contributed by atoms with E-state index < -0.39 is 0 Å². The van der Waals surface area contributed by atoms with E-state index in [1.807, 2.05) is 6.07 Å². The zero-order valence-corrected chi connectivity index (χ0v) is 13.2. The summed E-state index contributed by atoms with van der Waals surface area (Å²) in [6.45, 7) is 8.04. The summed E-state index contributed by atoms with van der Waals surface area (Å²) in [4.78, 5) is 11.6. The molecule has 1 aromatic carbocycles.